The van der Waals surface area contributed by atoms with Crippen LogP contribution in [0.1, 0.15) is 32.6 Å². The van der Waals surface area contributed by atoms with Gasteiger partial charge in [-0.3, -0.25) is 9.59 Å². The summed E-state index contributed by atoms with van der Waals surface area (Å²) in [5, 5.41) is 2.88. The third-order valence-corrected chi connectivity index (χ3v) is 5.56. The van der Waals surface area contributed by atoms with Crippen LogP contribution in [0, 0.1) is 0 Å². The molecule has 0 saturated heterocycles. The minimum absolute atomic E-state index is 0.0182. The van der Waals surface area contributed by atoms with Crippen LogP contribution in [0.4, 0.5) is 11.4 Å². The predicted octanol–water partition coefficient (Wildman–Crippen LogP) is 4.72. The van der Waals surface area contributed by atoms with E-state index in [1.807, 2.05) is 48.5 Å². The van der Waals surface area contributed by atoms with Gasteiger partial charge in [-0.2, -0.15) is 0 Å². The molecule has 2 amide bonds. The molecular weight excluding hydrogens is 372 g/mol. The summed E-state index contributed by atoms with van der Waals surface area (Å²) in [6, 6.07) is 15.3. The van der Waals surface area contributed by atoms with Gasteiger partial charge in [-0.15, -0.1) is 11.8 Å². The molecule has 3 rings (SSSR count). The Labute approximate surface area is 170 Å². The van der Waals surface area contributed by atoms with Gasteiger partial charge in [-0.1, -0.05) is 37.6 Å². The van der Waals surface area contributed by atoms with Crippen molar-refractivity contribution in [2.45, 2.75) is 37.5 Å². The van der Waals surface area contributed by atoms with Gasteiger partial charge in [-0.25, -0.2) is 0 Å². The number of hydrogen-bond acceptors (Lipinski definition) is 4. The molecular formula is C22H26N2O3S. The smallest absolute Gasteiger partial charge is 0.227 e. The molecule has 5 nitrogen and oxygen atoms in total. The van der Waals surface area contributed by atoms with Crippen LogP contribution in [0.25, 0.3) is 0 Å². The Kier molecular flexibility index (Phi) is 7.37. The molecule has 0 bridgehead atoms. The van der Waals surface area contributed by atoms with Gasteiger partial charge in [0.15, 0.2) is 0 Å². The van der Waals surface area contributed by atoms with E-state index in [4.69, 9.17) is 4.74 Å². The van der Waals surface area contributed by atoms with Crippen LogP contribution in [0.5, 0.6) is 5.75 Å². The van der Waals surface area contributed by atoms with E-state index < -0.39 is 0 Å². The molecule has 0 saturated carbocycles. The first-order valence-corrected chi connectivity index (χ1v) is 10.7. The van der Waals surface area contributed by atoms with E-state index in [1.54, 1.807) is 16.7 Å². The average Bonchev–Trinajstić information content (AvgIpc) is 2.73. The van der Waals surface area contributed by atoms with Gasteiger partial charge in [0.05, 0.1) is 18.0 Å². The van der Waals surface area contributed by atoms with Crippen molar-refractivity contribution in [3.8, 4) is 5.75 Å². The SMILES string of the molecule is CCCCOc1ccccc1NC(=O)CCC(=O)N1CCSc2ccccc21. The van der Waals surface area contributed by atoms with Gasteiger partial charge < -0.3 is 15.0 Å². The summed E-state index contributed by atoms with van der Waals surface area (Å²) in [5.74, 6) is 1.34. The average molecular weight is 399 g/mol. The molecule has 1 N–H and O–H groups in total. The molecule has 1 heterocycles. The van der Waals surface area contributed by atoms with Gasteiger partial charge in [0.2, 0.25) is 11.8 Å². The van der Waals surface area contributed by atoms with Gasteiger partial charge >= 0.3 is 0 Å². The number of carbonyl (C=O) groups excluding carboxylic acids is 2. The van der Waals surface area contributed by atoms with Crippen LogP contribution in [-0.4, -0.2) is 30.7 Å². The number of rotatable bonds is 8. The number of unbranched alkanes of at least 4 members (excludes halogenated alkanes) is 1. The maximum Gasteiger partial charge on any atom is 0.227 e. The minimum Gasteiger partial charge on any atom is -0.491 e. The molecule has 0 unspecified atom stereocenters. The molecule has 2 aromatic carbocycles. The second kappa shape index (κ2) is 10.2. The number of thioether (sulfide) groups is 1. The molecule has 1 aliphatic rings. The van der Waals surface area contributed by atoms with Crippen molar-refractivity contribution < 1.29 is 14.3 Å². The van der Waals surface area contributed by atoms with E-state index in [2.05, 4.69) is 12.2 Å². The molecule has 0 fully saturated rings. The van der Waals surface area contributed by atoms with Crippen molar-refractivity contribution >= 4 is 35.0 Å². The summed E-state index contributed by atoms with van der Waals surface area (Å²) in [4.78, 5) is 28.0. The number of fused-ring (bicyclic) bond motifs is 1. The molecule has 0 aromatic heterocycles. The lowest BCUT2D eigenvalue weighted by Gasteiger charge is -2.29. The number of ether oxygens (including phenoxy) is 1. The number of carbonyl (C=O) groups is 2. The molecule has 2 aromatic rings. The highest BCUT2D eigenvalue weighted by atomic mass is 32.2. The van der Waals surface area contributed by atoms with E-state index in [0.717, 1.165) is 29.2 Å². The fourth-order valence-corrected chi connectivity index (χ4v) is 4.01. The Morgan fingerprint density at radius 1 is 1.11 bits per heavy atom. The van der Waals surface area contributed by atoms with Crippen LogP contribution in [0.2, 0.25) is 0 Å². The van der Waals surface area contributed by atoms with E-state index in [1.165, 1.54) is 0 Å². The summed E-state index contributed by atoms with van der Waals surface area (Å²) in [6.07, 6.45) is 2.35. The lowest BCUT2D eigenvalue weighted by Crippen LogP contribution is -2.35. The van der Waals surface area contributed by atoms with Crippen LogP contribution in [0.15, 0.2) is 53.4 Å². The number of amides is 2. The van der Waals surface area contributed by atoms with Crippen molar-refractivity contribution in [3.05, 3.63) is 48.5 Å². The molecule has 0 atom stereocenters. The topological polar surface area (TPSA) is 58.6 Å². The summed E-state index contributed by atoms with van der Waals surface area (Å²) in [5.41, 5.74) is 1.59. The van der Waals surface area contributed by atoms with Crippen molar-refractivity contribution in [3.63, 3.8) is 0 Å². The van der Waals surface area contributed by atoms with Gasteiger partial charge in [-0.05, 0) is 30.7 Å². The fraction of sp³-hybridized carbons (Fsp3) is 0.364. The molecule has 0 spiro atoms. The maximum atomic E-state index is 12.7. The predicted molar refractivity (Wildman–Crippen MR) is 114 cm³/mol. The van der Waals surface area contributed by atoms with Crippen molar-refractivity contribution in [1.29, 1.82) is 0 Å². The van der Waals surface area contributed by atoms with Gasteiger partial charge in [0.1, 0.15) is 5.75 Å². The first-order chi connectivity index (χ1) is 13.7. The first kappa shape index (κ1) is 20.3. The zero-order chi connectivity index (χ0) is 19.8. The number of anilines is 2. The Morgan fingerprint density at radius 3 is 2.75 bits per heavy atom. The number of benzene rings is 2. The molecule has 0 aliphatic carbocycles. The third kappa shape index (κ3) is 5.29. The summed E-state index contributed by atoms with van der Waals surface area (Å²) < 4.78 is 5.75. The standard InChI is InChI=1S/C22H26N2O3S/c1-2-3-15-27-19-10-6-4-8-17(19)23-21(25)12-13-22(26)24-14-16-28-20-11-7-5-9-18(20)24/h4-11H,2-3,12-16H2,1H3,(H,23,25). The van der Waals surface area contributed by atoms with Crippen molar-refractivity contribution in [2.75, 3.05) is 29.1 Å². The number of hydrogen-bond donors (Lipinski definition) is 1. The number of nitrogens with one attached hydrogen (secondary N) is 1. The Balaban J connectivity index is 1.55. The minimum atomic E-state index is -0.181. The second-order valence-electron chi connectivity index (χ2n) is 6.61. The lowest BCUT2D eigenvalue weighted by molar-refractivity contribution is -0.122. The zero-order valence-corrected chi connectivity index (χ0v) is 17.0. The van der Waals surface area contributed by atoms with Crippen molar-refractivity contribution in [1.82, 2.24) is 0 Å². The van der Waals surface area contributed by atoms with E-state index in [0.29, 0.717) is 24.6 Å². The fourth-order valence-electron chi connectivity index (χ4n) is 3.02. The molecule has 148 valence electrons. The van der Waals surface area contributed by atoms with Crippen LogP contribution in [-0.2, 0) is 9.59 Å². The van der Waals surface area contributed by atoms with E-state index in [9.17, 15) is 9.59 Å². The summed E-state index contributed by atoms with van der Waals surface area (Å²) >= 11 is 1.76. The van der Waals surface area contributed by atoms with Crippen LogP contribution < -0.4 is 15.0 Å². The maximum absolute atomic E-state index is 12.7. The van der Waals surface area contributed by atoms with Crippen LogP contribution in [0.3, 0.4) is 0 Å². The molecule has 1 aliphatic heterocycles. The number of para-hydroxylation sites is 3. The number of nitrogens with zero attached hydrogens (tertiary/aromatic N) is 1. The molecule has 6 heteroatoms. The second-order valence-corrected chi connectivity index (χ2v) is 7.74. The first-order valence-electron chi connectivity index (χ1n) is 9.73. The van der Waals surface area contributed by atoms with E-state index in [-0.39, 0.29) is 24.7 Å². The molecule has 28 heavy (non-hydrogen) atoms. The highest BCUT2D eigenvalue weighted by Gasteiger charge is 2.23. The normalized spacial score (nSPS) is 13.0. The lowest BCUT2D eigenvalue weighted by atomic mass is 10.2. The Bertz CT molecular complexity index is 825. The highest BCUT2D eigenvalue weighted by Crippen LogP contribution is 2.34. The van der Waals surface area contributed by atoms with Gasteiger partial charge in [0.25, 0.3) is 0 Å². The zero-order valence-electron chi connectivity index (χ0n) is 16.1. The molecule has 0 radical (unpaired) electrons. The Morgan fingerprint density at radius 2 is 1.89 bits per heavy atom. The summed E-state index contributed by atoms with van der Waals surface area (Å²) in [6.45, 7) is 3.40. The van der Waals surface area contributed by atoms with Gasteiger partial charge in [0, 0.05) is 30.0 Å². The third-order valence-electron chi connectivity index (χ3n) is 4.51. The van der Waals surface area contributed by atoms with Crippen LogP contribution >= 0.6 is 11.8 Å². The quantitative estimate of drug-likeness (QED) is 0.654. The van der Waals surface area contributed by atoms with E-state index >= 15 is 0 Å². The van der Waals surface area contributed by atoms with Crippen molar-refractivity contribution in [2.24, 2.45) is 0 Å². The highest BCUT2D eigenvalue weighted by molar-refractivity contribution is 7.99. The summed E-state index contributed by atoms with van der Waals surface area (Å²) in [7, 11) is 0. The Hall–Kier alpha value is -2.47. The largest absolute Gasteiger partial charge is 0.491 e. The monoisotopic (exact) mass is 398 g/mol.